The Labute approximate surface area is 190 Å². The third kappa shape index (κ3) is 4.36. The van der Waals surface area contributed by atoms with E-state index in [9.17, 15) is 14.8 Å². The van der Waals surface area contributed by atoms with Crippen molar-refractivity contribution < 1.29 is 14.2 Å². The largest absolute Gasteiger partial charge is 0.496 e. The molecule has 4 rings (SSSR count). The number of pyridine rings is 1. The highest BCUT2D eigenvalue weighted by atomic mass is 19.1. The molecule has 1 fully saturated rings. The molecule has 0 spiro atoms. The zero-order valence-electron chi connectivity index (χ0n) is 18.3. The molecule has 0 saturated heterocycles. The number of hydrogen-bond acceptors (Lipinski definition) is 6. The average Bonchev–Trinajstić information content (AvgIpc) is 2.77. The average molecular weight is 445 g/mol. The van der Waals surface area contributed by atoms with Gasteiger partial charge in [-0.15, -0.1) is 0 Å². The minimum Gasteiger partial charge on any atom is -0.496 e. The molecule has 2 aromatic carbocycles. The number of nitrogens with zero attached hydrogens (tertiary/aromatic N) is 3. The molecule has 5 N–H and O–H groups in total. The molecule has 1 aliphatic rings. The quantitative estimate of drug-likeness (QED) is 0.313. The van der Waals surface area contributed by atoms with E-state index in [2.05, 4.69) is 9.98 Å². The number of benzene rings is 2. The smallest absolute Gasteiger partial charge is 0.138 e. The maximum Gasteiger partial charge on any atom is 0.138 e. The normalized spacial score (nSPS) is 21.2. The summed E-state index contributed by atoms with van der Waals surface area (Å²) in [5.74, 6) is 0.167. The predicted molar refractivity (Wildman–Crippen MR) is 126 cm³/mol. The van der Waals surface area contributed by atoms with E-state index in [0.29, 0.717) is 46.3 Å². The number of nitriles is 1. The molecule has 0 atom stereocenters. The van der Waals surface area contributed by atoms with Gasteiger partial charge in [-0.3, -0.25) is 4.99 Å². The SMILES string of the molecule is COc1cc(-c2ccccc2F)nc2cc(/C(N)=C(\C#N)C(N)=NC3CC(C)(O)C3)ccc12. The van der Waals surface area contributed by atoms with Gasteiger partial charge in [0.05, 0.1) is 35.7 Å². The zero-order chi connectivity index (χ0) is 23.8. The van der Waals surface area contributed by atoms with Crippen LogP contribution in [0.15, 0.2) is 59.1 Å². The lowest BCUT2D eigenvalue weighted by molar-refractivity contribution is -0.0280. The fourth-order valence-corrected chi connectivity index (χ4v) is 4.05. The summed E-state index contributed by atoms with van der Waals surface area (Å²) in [5, 5.41) is 20.3. The van der Waals surface area contributed by atoms with Gasteiger partial charge >= 0.3 is 0 Å². The third-order valence-electron chi connectivity index (χ3n) is 5.76. The Bertz CT molecular complexity index is 1330. The number of hydrogen-bond donors (Lipinski definition) is 3. The fraction of sp³-hybridized carbons (Fsp3) is 0.240. The number of aliphatic imine (C=N–C) groups is 1. The van der Waals surface area contributed by atoms with E-state index in [4.69, 9.17) is 16.2 Å². The van der Waals surface area contributed by atoms with Gasteiger partial charge in [-0.05, 0) is 44.0 Å². The number of nitrogens with two attached hydrogens (primary N) is 2. The van der Waals surface area contributed by atoms with E-state index >= 15 is 0 Å². The first-order valence-electron chi connectivity index (χ1n) is 10.4. The molecular weight excluding hydrogens is 421 g/mol. The van der Waals surface area contributed by atoms with Crippen LogP contribution >= 0.6 is 0 Å². The molecule has 1 aromatic heterocycles. The van der Waals surface area contributed by atoms with Crippen LogP contribution in [-0.4, -0.2) is 34.7 Å². The van der Waals surface area contributed by atoms with E-state index in [1.54, 1.807) is 49.4 Å². The zero-order valence-corrected chi connectivity index (χ0v) is 18.3. The summed E-state index contributed by atoms with van der Waals surface area (Å²) in [7, 11) is 1.53. The highest BCUT2D eigenvalue weighted by Crippen LogP contribution is 2.35. The topological polar surface area (TPSA) is 131 Å². The summed E-state index contributed by atoms with van der Waals surface area (Å²) in [5.41, 5.74) is 13.6. The van der Waals surface area contributed by atoms with Gasteiger partial charge in [0.25, 0.3) is 0 Å². The molecular formula is C25H24FN5O2. The first kappa shape index (κ1) is 22.2. The van der Waals surface area contributed by atoms with Crippen LogP contribution < -0.4 is 16.2 Å². The Morgan fingerprint density at radius 3 is 2.61 bits per heavy atom. The Hall–Kier alpha value is -3.96. The standard InChI is InChI=1S/C25H24FN5O2/c1-25(32)11-15(12-25)30-24(29)18(13-27)23(28)14-7-8-17-20(9-14)31-21(10-22(17)33-2)16-5-3-4-6-19(16)26/h3-10,15,32H,11-12,28H2,1-2H3,(H2,29,30)/b23-18-. The van der Waals surface area contributed by atoms with Crippen LogP contribution in [-0.2, 0) is 0 Å². The molecule has 0 amide bonds. The maximum atomic E-state index is 14.4. The van der Waals surface area contributed by atoms with Gasteiger partial charge in [-0.25, -0.2) is 9.37 Å². The van der Waals surface area contributed by atoms with Crippen LogP contribution in [0.2, 0.25) is 0 Å². The van der Waals surface area contributed by atoms with E-state index in [-0.39, 0.29) is 23.1 Å². The molecule has 0 radical (unpaired) electrons. The van der Waals surface area contributed by atoms with Crippen molar-refractivity contribution in [2.24, 2.45) is 16.5 Å². The number of aromatic nitrogens is 1. The molecule has 1 aliphatic carbocycles. The molecule has 33 heavy (non-hydrogen) atoms. The number of aliphatic hydroxyl groups is 1. The Morgan fingerprint density at radius 1 is 1.24 bits per heavy atom. The molecule has 0 aliphatic heterocycles. The molecule has 168 valence electrons. The second kappa shape index (κ2) is 8.52. The van der Waals surface area contributed by atoms with Gasteiger partial charge in [-0.1, -0.05) is 18.2 Å². The van der Waals surface area contributed by atoms with Gasteiger partial charge in [0.1, 0.15) is 29.0 Å². The van der Waals surface area contributed by atoms with E-state index in [1.165, 1.54) is 13.2 Å². The number of methoxy groups -OCH3 is 1. The second-order valence-electron chi connectivity index (χ2n) is 8.40. The van der Waals surface area contributed by atoms with Crippen molar-refractivity contribution in [3.63, 3.8) is 0 Å². The molecule has 7 nitrogen and oxygen atoms in total. The number of ether oxygens (including phenoxy) is 1. The lowest BCUT2D eigenvalue weighted by Crippen LogP contribution is -2.44. The van der Waals surface area contributed by atoms with Crippen molar-refractivity contribution >= 4 is 22.4 Å². The predicted octanol–water partition coefficient (Wildman–Crippen LogP) is 3.51. The van der Waals surface area contributed by atoms with E-state index < -0.39 is 11.4 Å². The van der Waals surface area contributed by atoms with Crippen LogP contribution in [0.5, 0.6) is 5.75 Å². The van der Waals surface area contributed by atoms with Crippen molar-refractivity contribution in [3.05, 3.63) is 65.5 Å². The summed E-state index contributed by atoms with van der Waals surface area (Å²) in [6, 6.07) is 15.1. The molecule has 0 unspecified atom stereocenters. The number of fused-ring (bicyclic) bond motifs is 1. The Kier molecular flexibility index (Phi) is 5.75. The lowest BCUT2D eigenvalue weighted by atomic mass is 9.77. The summed E-state index contributed by atoms with van der Waals surface area (Å²) in [6.45, 7) is 1.73. The van der Waals surface area contributed by atoms with Crippen molar-refractivity contribution in [1.29, 1.82) is 5.26 Å². The van der Waals surface area contributed by atoms with E-state index in [0.717, 1.165) is 0 Å². The molecule has 8 heteroatoms. The van der Waals surface area contributed by atoms with Gasteiger partial charge in [0.2, 0.25) is 0 Å². The Balaban J connectivity index is 1.78. The fourth-order valence-electron chi connectivity index (χ4n) is 4.05. The monoisotopic (exact) mass is 445 g/mol. The minimum atomic E-state index is -0.754. The van der Waals surface area contributed by atoms with Gasteiger partial charge in [0.15, 0.2) is 0 Å². The lowest BCUT2D eigenvalue weighted by Gasteiger charge is -2.38. The van der Waals surface area contributed by atoms with Gasteiger partial charge in [-0.2, -0.15) is 5.26 Å². The highest BCUT2D eigenvalue weighted by Gasteiger charge is 2.38. The maximum absolute atomic E-state index is 14.4. The van der Waals surface area contributed by atoms with Crippen molar-refractivity contribution in [2.75, 3.05) is 7.11 Å². The van der Waals surface area contributed by atoms with Crippen LogP contribution in [0.3, 0.4) is 0 Å². The molecule has 1 saturated carbocycles. The number of halogens is 1. The number of amidine groups is 1. The molecule has 3 aromatic rings. The summed E-state index contributed by atoms with van der Waals surface area (Å²) >= 11 is 0. The minimum absolute atomic E-state index is 0.0289. The van der Waals surface area contributed by atoms with Crippen LogP contribution in [0.1, 0.15) is 25.3 Å². The van der Waals surface area contributed by atoms with Gasteiger partial charge < -0.3 is 21.3 Å². The Morgan fingerprint density at radius 2 is 1.97 bits per heavy atom. The van der Waals surface area contributed by atoms with Crippen LogP contribution in [0.4, 0.5) is 4.39 Å². The van der Waals surface area contributed by atoms with Crippen LogP contribution in [0.25, 0.3) is 27.9 Å². The summed E-state index contributed by atoms with van der Waals surface area (Å²) in [4.78, 5) is 8.95. The second-order valence-corrected chi connectivity index (χ2v) is 8.40. The van der Waals surface area contributed by atoms with E-state index in [1.807, 2.05) is 6.07 Å². The third-order valence-corrected chi connectivity index (χ3v) is 5.76. The van der Waals surface area contributed by atoms with Crippen molar-refractivity contribution in [2.45, 2.75) is 31.4 Å². The summed E-state index contributed by atoms with van der Waals surface area (Å²) < 4.78 is 19.9. The van der Waals surface area contributed by atoms with Crippen LogP contribution in [0, 0.1) is 17.1 Å². The molecule has 1 heterocycles. The van der Waals surface area contributed by atoms with Gasteiger partial charge in [0, 0.05) is 22.6 Å². The molecule has 0 bridgehead atoms. The number of rotatable bonds is 5. The summed E-state index contributed by atoms with van der Waals surface area (Å²) in [6.07, 6.45) is 0.954. The first-order chi connectivity index (χ1) is 15.7. The first-order valence-corrected chi connectivity index (χ1v) is 10.4. The van der Waals surface area contributed by atoms with Crippen molar-refractivity contribution in [1.82, 2.24) is 4.98 Å². The highest BCUT2D eigenvalue weighted by molar-refractivity contribution is 6.07. The van der Waals surface area contributed by atoms with Crippen molar-refractivity contribution in [3.8, 4) is 23.1 Å².